The van der Waals surface area contributed by atoms with E-state index in [0.717, 1.165) is 27.0 Å². The average molecular weight is 263 g/mol. The van der Waals surface area contributed by atoms with Gasteiger partial charge in [0.1, 0.15) is 4.32 Å². The van der Waals surface area contributed by atoms with E-state index in [-0.39, 0.29) is 0 Å². The Balaban J connectivity index is 2.06. The van der Waals surface area contributed by atoms with Crippen molar-refractivity contribution in [2.75, 3.05) is 11.1 Å². The van der Waals surface area contributed by atoms with Crippen LogP contribution in [0.15, 0.2) is 36.8 Å². The van der Waals surface area contributed by atoms with E-state index in [1.54, 1.807) is 24.3 Å². The number of aromatic nitrogens is 2. The zero-order chi connectivity index (χ0) is 12.1. The summed E-state index contributed by atoms with van der Waals surface area (Å²) in [7, 11) is 0. The Labute approximate surface area is 110 Å². The molecule has 0 aliphatic rings. The van der Waals surface area contributed by atoms with Crippen molar-refractivity contribution in [3.05, 3.63) is 36.8 Å². The smallest absolute Gasteiger partial charge is 0.138 e. The van der Waals surface area contributed by atoms with Gasteiger partial charge in [-0.25, -0.2) is 4.98 Å². The first-order valence-corrected chi connectivity index (χ1v) is 6.71. The minimum Gasteiger partial charge on any atom is -0.345 e. The van der Waals surface area contributed by atoms with Gasteiger partial charge >= 0.3 is 0 Å². The predicted octanol–water partition coefficient (Wildman–Crippen LogP) is 3.53. The summed E-state index contributed by atoms with van der Waals surface area (Å²) in [5.41, 5.74) is 3.14. The Hall–Kier alpha value is -1.33. The number of thioether (sulfide) groups is 1. The Morgan fingerprint density at radius 3 is 2.76 bits per heavy atom. The largest absolute Gasteiger partial charge is 0.345 e. The standard InChI is InChI=1S/C12H13N3S2/c1-2-17-12(16)15-10-5-3-9(4-6-10)11-7-13-8-14-11/h3-8H,2H2,1H3,(H,13,14)(H,15,16). The van der Waals surface area contributed by atoms with Crippen LogP contribution >= 0.6 is 24.0 Å². The molecule has 0 amide bonds. The maximum absolute atomic E-state index is 5.18. The highest BCUT2D eigenvalue weighted by atomic mass is 32.2. The maximum Gasteiger partial charge on any atom is 0.138 e. The van der Waals surface area contributed by atoms with Crippen molar-refractivity contribution in [3.8, 4) is 11.3 Å². The molecule has 0 atom stereocenters. The van der Waals surface area contributed by atoms with Gasteiger partial charge in [0.05, 0.1) is 18.2 Å². The van der Waals surface area contributed by atoms with Crippen LogP contribution in [-0.2, 0) is 0 Å². The van der Waals surface area contributed by atoms with Crippen molar-refractivity contribution in [3.63, 3.8) is 0 Å². The molecule has 0 saturated heterocycles. The van der Waals surface area contributed by atoms with Crippen LogP contribution in [0.5, 0.6) is 0 Å². The summed E-state index contributed by atoms with van der Waals surface area (Å²) in [6.45, 7) is 2.08. The number of nitrogens with one attached hydrogen (secondary N) is 2. The highest BCUT2D eigenvalue weighted by molar-refractivity contribution is 8.23. The van der Waals surface area contributed by atoms with Crippen LogP contribution in [0.2, 0.25) is 0 Å². The number of hydrogen-bond acceptors (Lipinski definition) is 3. The Morgan fingerprint density at radius 2 is 2.18 bits per heavy atom. The highest BCUT2D eigenvalue weighted by Crippen LogP contribution is 2.19. The molecule has 0 unspecified atom stereocenters. The molecule has 17 heavy (non-hydrogen) atoms. The molecule has 0 radical (unpaired) electrons. The van der Waals surface area contributed by atoms with Crippen LogP contribution < -0.4 is 5.32 Å². The summed E-state index contributed by atoms with van der Waals surface area (Å²) < 4.78 is 0.807. The van der Waals surface area contributed by atoms with Crippen LogP contribution in [0, 0.1) is 0 Å². The lowest BCUT2D eigenvalue weighted by Gasteiger charge is -2.06. The van der Waals surface area contributed by atoms with E-state index in [4.69, 9.17) is 12.2 Å². The molecule has 0 aliphatic carbocycles. The van der Waals surface area contributed by atoms with Gasteiger partial charge in [-0.05, 0) is 23.4 Å². The number of aromatic amines is 1. The molecule has 0 bridgehead atoms. The Morgan fingerprint density at radius 1 is 1.41 bits per heavy atom. The third kappa shape index (κ3) is 3.31. The summed E-state index contributed by atoms with van der Waals surface area (Å²) in [5, 5.41) is 3.18. The second kappa shape index (κ2) is 5.84. The molecule has 1 aromatic carbocycles. The van der Waals surface area contributed by atoms with E-state index in [2.05, 4.69) is 22.2 Å². The van der Waals surface area contributed by atoms with Crippen molar-refractivity contribution in [1.29, 1.82) is 0 Å². The molecule has 0 spiro atoms. The van der Waals surface area contributed by atoms with Crippen LogP contribution in [-0.4, -0.2) is 20.0 Å². The van der Waals surface area contributed by atoms with E-state index < -0.39 is 0 Å². The maximum atomic E-state index is 5.18. The average Bonchev–Trinajstić information content (AvgIpc) is 2.84. The van der Waals surface area contributed by atoms with Crippen molar-refractivity contribution in [2.45, 2.75) is 6.92 Å². The Bertz CT molecular complexity index is 477. The van der Waals surface area contributed by atoms with Crippen molar-refractivity contribution < 1.29 is 0 Å². The van der Waals surface area contributed by atoms with E-state index in [1.807, 2.05) is 24.3 Å². The normalized spacial score (nSPS) is 10.2. The minimum absolute atomic E-state index is 0.807. The molecular formula is C12H13N3S2. The van der Waals surface area contributed by atoms with Gasteiger partial charge in [-0.15, -0.1) is 0 Å². The fraction of sp³-hybridized carbons (Fsp3) is 0.167. The number of thiocarbonyl (C=S) groups is 1. The van der Waals surface area contributed by atoms with Crippen LogP contribution in [0.25, 0.3) is 11.3 Å². The quantitative estimate of drug-likeness (QED) is 0.831. The molecule has 2 rings (SSSR count). The first-order chi connectivity index (χ1) is 8.29. The molecule has 88 valence electrons. The summed E-state index contributed by atoms with van der Waals surface area (Å²) >= 11 is 6.82. The van der Waals surface area contributed by atoms with Crippen molar-refractivity contribution in [2.24, 2.45) is 0 Å². The van der Waals surface area contributed by atoms with Crippen molar-refractivity contribution in [1.82, 2.24) is 9.97 Å². The van der Waals surface area contributed by atoms with Gasteiger partial charge in [0, 0.05) is 5.69 Å². The van der Waals surface area contributed by atoms with E-state index in [1.165, 1.54) is 0 Å². The second-order valence-corrected chi connectivity index (χ2v) is 5.33. The van der Waals surface area contributed by atoms with Gasteiger partial charge < -0.3 is 10.3 Å². The molecule has 0 saturated carbocycles. The third-order valence-electron chi connectivity index (χ3n) is 2.22. The molecule has 1 aromatic heterocycles. The molecular weight excluding hydrogens is 250 g/mol. The summed E-state index contributed by atoms with van der Waals surface area (Å²) in [4.78, 5) is 7.07. The van der Waals surface area contributed by atoms with Gasteiger partial charge in [0.15, 0.2) is 0 Å². The van der Waals surface area contributed by atoms with Gasteiger partial charge in [-0.2, -0.15) is 0 Å². The fourth-order valence-electron chi connectivity index (χ4n) is 1.43. The van der Waals surface area contributed by atoms with Gasteiger partial charge in [0.2, 0.25) is 0 Å². The predicted molar refractivity (Wildman–Crippen MR) is 78.4 cm³/mol. The molecule has 3 nitrogen and oxygen atoms in total. The number of benzene rings is 1. The highest BCUT2D eigenvalue weighted by Gasteiger charge is 2.00. The summed E-state index contributed by atoms with van der Waals surface area (Å²) in [6, 6.07) is 8.10. The van der Waals surface area contributed by atoms with E-state index in [9.17, 15) is 0 Å². The van der Waals surface area contributed by atoms with Crippen molar-refractivity contribution >= 4 is 34.0 Å². The molecule has 5 heteroatoms. The number of anilines is 1. The lowest BCUT2D eigenvalue weighted by Crippen LogP contribution is -2.04. The fourth-order valence-corrected chi connectivity index (χ4v) is 2.36. The zero-order valence-corrected chi connectivity index (χ0v) is 11.1. The number of rotatable bonds is 3. The minimum atomic E-state index is 0.807. The summed E-state index contributed by atoms with van der Waals surface area (Å²) in [5.74, 6) is 0.984. The molecule has 0 aliphatic heterocycles. The lowest BCUT2D eigenvalue weighted by atomic mass is 10.1. The lowest BCUT2D eigenvalue weighted by molar-refractivity contribution is 1.31. The number of H-pyrrole nitrogens is 1. The number of imidazole rings is 1. The molecule has 1 heterocycles. The van der Waals surface area contributed by atoms with Crippen LogP contribution in [0.1, 0.15) is 6.92 Å². The van der Waals surface area contributed by atoms with Gasteiger partial charge in [-0.3, -0.25) is 0 Å². The number of nitrogens with zero attached hydrogens (tertiary/aromatic N) is 1. The Kier molecular flexibility index (Phi) is 4.17. The first-order valence-electron chi connectivity index (χ1n) is 5.32. The van der Waals surface area contributed by atoms with E-state index >= 15 is 0 Å². The molecule has 2 aromatic rings. The first kappa shape index (κ1) is 12.1. The number of hydrogen-bond donors (Lipinski definition) is 2. The van der Waals surface area contributed by atoms with Gasteiger partial charge in [-0.1, -0.05) is 43.0 Å². The zero-order valence-electron chi connectivity index (χ0n) is 9.43. The monoisotopic (exact) mass is 263 g/mol. The van der Waals surface area contributed by atoms with Gasteiger partial charge in [0.25, 0.3) is 0 Å². The topological polar surface area (TPSA) is 40.7 Å². The second-order valence-electron chi connectivity index (χ2n) is 3.39. The summed E-state index contributed by atoms with van der Waals surface area (Å²) in [6.07, 6.45) is 3.48. The third-order valence-corrected chi connectivity index (χ3v) is 3.32. The van der Waals surface area contributed by atoms with Crippen LogP contribution in [0.3, 0.4) is 0 Å². The van der Waals surface area contributed by atoms with E-state index in [0.29, 0.717) is 0 Å². The SMILES string of the molecule is CCSC(=S)Nc1ccc(-c2cnc[nH]2)cc1. The molecule has 2 N–H and O–H groups in total. The molecule has 0 fully saturated rings. The van der Waals surface area contributed by atoms with Crippen LogP contribution in [0.4, 0.5) is 5.69 Å².